The lowest BCUT2D eigenvalue weighted by Crippen LogP contribution is -2.16. The first-order chi connectivity index (χ1) is 16.1. The molecule has 2 aliphatic rings. The van der Waals surface area contributed by atoms with Crippen LogP contribution in [0.5, 0.6) is 0 Å². The van der Waals surface area contributed by atoms with Crippen LogP contribution < -0.4 is 0 Å². The first kappa shape index (κ1) is 22.7. The molecule has 0 radical (unpaired) electrons. The van der Waals surface area contributed by atoms with Crippen LogP contribution in [0.4, 0.5) is 0 Å². The fraction of sp³-hybridized carbons (Fsp3) is 0.226. The molecule has 0 aliphatic carbocycles. The molecule has 2 aromatic carbocycles. The first-order valence-corrected chi connectivity index (χ1v) is 11.8. The van der Waals surface area contributed by atoms with Gasteiger partial charge in [-0.05, 0) is 82.4 Å². The maximum absolute atomic E-state index is 2.37. The van der Waals surface area contributed by atoms with Crippen LogP contribution >= 0.6 is 0 Å². The Morgan fingerprint density at radius 2 is 1.48 bits per heavy atom. The molecule has 0 N–H and O–H groups in total. The molecule has 0 aromatic heterocycles. The normalized spacial score (nSPS) is 16.4. The molecule has 0 saturated heterocycles. The molecule has 4 rings (SSSR count). The Morgan fingerprint density at radius 1 is 0.848 bits per heavy atom. The smallest absolute Gasteiger partial charge is 0.0426 e. The highest BCUT2D eigenvalue weighted by atomic mass is 15.1. The summed E-state index contributed by atoms with van der Waals surface area (Å²) in [4.78, 5) is 4.44. The lowest BCUT2D eigenvalue weighted by Gasteiger charge is -2.20. The lowest BCUT2D eigenvalue weighted by molar-refractivity contribution is 0.512. The van der Waals surface area contributed by atoms with E-state index in [9.17, 15) is 0 Å². The molecule has 0 bridgehead atoms. The number of allylic oxidation sites excluding steroid dienone is 8. The zero-order valence-electron chi connectivity index (χ0n) is 20.0. The van der Waals surface area contributed by atoms with Crippen molar-refractivity contribution in [3.05, 3.63) is 126 Å². The monoisotopic (exact) mass is 434 g/mol. The van der Waals surface area contributed by atoms with E-state index in [1.807, 2.05) is 0 Å². The summed E-state index contributed by atoms with van der Waals surface area (Å²) in [6.45, 7) is 4.08. The van der Waals surface area contributed by atoms with E-state index in [0.717, 1.165) is 25.9 Å². The maximum atomic E-state index is 2.37. The molecule has 0 fully saturated rings. The van der Waals surface area contributed by atoms with Crippen molar-refractivity contribution in [2.75, 3.05) is 27.2 Å². The van der Waals surface area contributed by atoms with E-state index in [1.54, 1.807) is 0 Å². The van der Waals surface area contributed by atoms with Gasteiger partial charge in [-0.25, -0.2) is 0 Å². The number of benzene rings is 2. The summed E-state index contributed by atoms with van der Waals surface area (Å²) < 4.78 is 0. The Hall–Kier alpha value is -3.52. The molecule has 2 heteroatoms. The summed E-state index contributed by atoms with van der Waals surface area (Å²) in [6, 6.07) is 17.9. The second-order valence-electron chi connectivity index (χ2n) is 8.85. The van der Waals surface area contributed by atoms with Crippen molar-refractivity contribution in [1.29, 1.82) is 0 Å². The van der Waals surface area contributed by atoms with E-state index in [0.29, 0.717) is 0 Å². The van der Waals surface area contributed by atoms with Gasteiger partial charge in [-0.2, -0.15) is 0 Å². The first-order valence-electron chi connectivity index (χ1n) is 11.8. The minimum atomic E-state index is 0.911. The molecule has 0 saturated carbocycles. The third-order valence-electron chi connectivity index (χ3n) is 6.07. The van der Waals surface area contributed by atoms with Gasteiger partial charge >= 0.3 is 0 Å². The van der Waals surface area contributed by atoms with Crippen LogP contribution in [0.1, 0.15) is 35.6 Å². The zero-order valence-corrected chi connectivity index (χ0v) is 20.0. The van der Waals surface area contributed by atoms with Gasteiger partial charge in [0, 0.05) is 27.2 Å². The molecular weight excluding hydrogens is 400 g/mol. The van der Waals surface area contributed by atoms with Gasteiger partial charge < -0.3 is 9.80 Å². The predicted octanol–water partition coefficient (Wildman–Crippen LogP) is 6.96. The van der Waals surface area contributed by atoms with Crippen molar-refractivity contribution in [2.24, 2.45) is 0 Å². The van der Waals surface area contributed by atoms with E-state index < -0.39 is 0 Å². The highest BCUT2D eigenvalue weighted by Gasteiger charge is 2.09. The Morgan fingerprint density at radius 3 is 2.12 bits per heavy atom. The van der Waals surface area contributed by atoms with Crippen molar-refractivity contribution in [2.45, 2.75) is 19.8 Å². The van der Waals surface area contributed by atoms with Crippen molar-refractivity contribution < 1.29 is 0 Å². The van der Waals surface area contributed by atoms with Crippen molar-refractivity contribution in [1.82, 2.24) is 9.80 Å². The van der Waals surface area contributed by atoms with Gasteiger partial charge in [-0.1, -0.05) is 79.8 Å². The molecule has 2 heterocycles. The van der Waals surface area contributed by atoms with Crippen molar-refractivity contribution >= 4 is 16.7 Å². The van der Waals surface area contributed by atoms with E-state index in [4.69, 9.17) is 0 Å². The average Bonchev–Trinajstić information content (AvgIpc) is 2.84. The van der Waals surface area contributed by atoms with Gasteiger partial charge in [0.15, 0.2) is 0 Å². The van der Waals surface area contributed by atoms with Gasteiger partial charge in [-0.15, -0.1) is 0 Å². The number of likely N-dealkylation sites (N-methyl/N-ethyl adjacent to an activating group) is 2. The SMILES string of the molecule is CC/C=C\C(=C/Cc1cccc(C2=CC=CN(C)C2)c1)c1cccc(C2=CC=CN(C)C2)c1. The quantitative estimate of drug-likeness (QED) is 0.434. The largest absolute Gasteiger partial charge is 0.376 e. The Bertz CT molecular complexity index is 1160. The van der Waals surface area contributed by atoms with Crippen LogP contribution in [0.25, 0.3) is 16.7 Å². The lowest BCUT2D eigenvalue weighted by atomic mass is 9.95. The Labute approximate surface area is 199 Å². The molecule has 168 valence electrons. The van der Waals surface area contributed by atoms with E-state index in [2.05, 4.69) is 134 Å². The predicted molar refractivity (Wildman–Crippen MR) is 143 cm³/mol. The molecule has 0 unspecified atom stereocenters. The highest BCUT2D eigenvalue weighted by molar-refractivity contribution is 5.78. The van der Waals surface area contributed by atoms with Crippen LogP contribution in [0, 0.1) is 0 Å². The van der Waals surface area contributed by atoms with E-state index >= 15 is 0 Å². The van der Waals surface area contributed by atoms with Crippen LogP contribution in [-0.2, 0) is 6.42 Å². The number of hydrogen-bond acceptors (Lipinski definition) is 2. The molecule has 2 nitrogen and oxygen atoms in total. The summed E-state index contributed by atoms with van der Waals surface area (Å²) in [5.41, 5.74) is 9.22. The second kappa shape index (κ2) is 10.9. The van der Waals surface area contributed by atoms with E-state index in [1.165, 1.54) is 39.0 Å². The summed E-state index contributed by atoms with van der Waals surface area (Å²) in [7, 11) is 4.24. The third kappa shape index (κ3) is 6.04. The molecule has 0 amide bonds. The number of nitrogens with zero attached hydrogens (tertiary/aromatic N) is 2. The topological polar surface area (TPSA) is 6.48 Å². The van der Waals surface area contributed by atoms with Crippen molar-refractivity contribution in [3.8, 4) is 0 Å². The molecule has 0 spiro atoms. The van der Waals surface area contributed by atoms with Crippen LogP contribution in [0.3, 0.4) is 0 Å². The van der Waals surface area contributed by atoms with E-state index in [-0.39, 0.29) is 0 Å². The molecular formula is C31H34N2. The van der Waals surface area contributed by atoms with Gasteiger partial charge in [0.05, 0.1) is 0 Å². The molecule has 33 heavy (non-hydrogen) atoms. The standard InChI is InChI=1S/C31H34N2/c1-4-5-11-26(28-13-7-14-29(22-28)31-16-9-20-33(3)24-31)18-17-25-10-6-12-27(21-25)30-15-8-19-32(2)23-30/h5-16,18-22H,4,17,23-24H2,1-3H3/b11-5-,26-18+. The summed E-state index contributed by atoms with van der Waals surface area (Å²) in [6.07, 6.45) is 21.8. The number of rotatable bonds is 7. The summed E-state index contributed by atoms with van der Waals surface area (Å²) in [5, 5.41) is 0. The fourth-order valence-corrected chi connectivity index (χ4v) is 4.29. The summed E-state index contributed by atoms with van der Waals surface area (Å²) >= 11 is 0. The summed E-state index contributed by atoms with van der Waals surface area (Å²) in [5.74, 6) is 0. The Balaban J connectivity index is 1.59. The van der Waals surface area contributed by atoms with Crippen molar-refractivity contribution in [3.63, 3.8) is 0 Å². The highest BCUT2D eigenvalue weighted by Crippen LogP contribution is 2.25. The van der Waals surface area contributed by atoms with Gasteiger partial charge in [0.25, 0.3) is 0 Å². The van der Waals surface area contributed by atoms with Crippen LogP contribution in [-0.4, -0.2) is 37.0 Å². The van der Waals surface area contributed by atoms with Crippen LogP contribution in [0.2, 0.25) is 0 Å². The molecule has 2 aliphatic heterocycles. The number of hydrogen-bond donors (Lipinski definition) is 0. The van der Waals surface area contributed by atoms with Gasteiger partial charge in [0.2, 0.25) is 0 Å². The second-order valence-corrected chi connectivity index (χ2v) is 8.85. The van der Waals surface area contributed by atoms with Gasteiger partial charge in [-0.3, -0.25) is 0 Å². The fourth-order valence-electron chi connectivity index (χ4n) is 4.29. The third-order valence-corrected chi connectivity index (χ3v) is 6.07. The Kier molecular flexibility index (Phi) is 7.47. The minimum Gasteiger partial charge on any atom is -0.376 e. The maximum Gasteiger partial charge on any atom is 0.0426 e. The zero-order chi connectivity index (χ0) is 23.0. The van der Waals surface area contributed by atoms with Gasteiger partial charge in [0.1, 0.15) is 0 Å². The molecule has 0 atom stereocenters. The van der Waals surface area contributed by atoms with Crippen LogP contribution in [0.15, 0.2) is 103 Å². The minimum absolute atomic E-state index is 0.911. The molecule has 2 aromatic rings. The average molecular weight is 435 g/mol.